The molecule has 5 aromatic carbocycles. The molecule has 0 radical (unpaired) electrons. The Morgan fingerprint density at radius 2 is 1.11 bits per heavy atom. The Morgan fingerprint density at radius 3 is 1.57 bits per heavy atom. The number of aryl methyl sites for hydroxylation is 2. The zero-order chi connectivity index (χ0) is 37.3. The maximum atomic E-state index is 14.6. The second-order valence-corrected chi connectivity index (χ2v) is 14.3. The lowest BCUT2D eigenvalue weighted by Crippen LogP contribution is -2.50. The van der Waals surface area contributed by atoms with Crippen LogP contribution in [0, 0.1) is 13.8 Å². The molecule has 2 heterocycles. The summed E-state index contributed by atoms with van der Waals surface area (Å²) in [5.41, 5.74) is 8.61. The quantitative estimate of drug-likeness (QED) is 0.135. The second-order valence-electron chi connectivity index (χ2n) is 14.3. The number of amides is 3. The van der Waals surface area contributed by atoms with Gasteiger partial charge in [-0.1, -0.05) is 139 Å². The molecule has 1 saturated heterocycles. The summed E-state index contributed by atoms with van der Waals surface area (Å²) in [6, 6.07) is 42.7. The highest BCUT2D eigenvalue weighted by Crippen LogP contribution is 2.30. The van der Waals surface area contributed by atoms with E-state index in [4.69, 9.17) is 0 Å². The Hall–Kier alpha value is -5.44. The molecule has 0 aliphatic carbocycles. The van der Waals surface area contributed by atoms with Crippen LogP contribution in [0.2, 0.25) is 0 Å². The van der Waals surface area contributed by atoms with E-state index in [1.807, 2.05) is 129 Å². The Kier molecular flexibility index (Phi) is 12.2. The molecule has 5 aromatic rings. The van der Waals surface area contributed by atoms with Gasteiger partial charge < -0.3 is 30.6 Å². The van der Waals surface area contributed by atoms with Gasteiger partial charge in [0.1, 0.15) is 18.4 Å². The molecular formula is C45H50N4O4. The number of benzene rings is 5. The lowest BCUT2D eigenvalue weighted by Gasteiger charge is -2.36. The molecular weight excluding hydrogens is 661 g/mol. The van der Waals surface area contributed by atoms with E-state index in [2.05, 4.69) is 28.8 Å². The number of para-hydroxylation sites is 1. The molecule has 1 fully saturated rings. The molecule has 7 rings (SSSR count). The van der Waals surface area contributed by atoms with Crippen LogP contribution in [0.5, 0.6) is 0 Å². The molecule has 2 aliphatic heterocycles. The summed E-state index contributed by atoms with van der Waals surface area (Å²) in [4.78, 5) is 29.0. The van der Waals surface area contributed by atoms with Crippen LogP contribution in [0.4, 0.5) is 10.5 Å². The summed E-state index contributed by atoms with van der Waals surface area (Å²) in [6.45, 7) is 6.28. The van der Waals surface area contributed by atoms with Crippen LogP contribution in [0.15, 0.2) is 133 Å². The van der Waals surface area contributed by atoms with Crippen molar-refractivity contribution >= 4 is 17.6 Å². The Morgan fingerprint density at radius 1 is 0.660 bits per heavy atom. The van der Waals surface area contributed by atoms with Crippen LogP contribution < -0.4 is 10.6 Å². The van der Waals surface area contributed by atoms with Crippen LogP contribution in [0.25, 0.3) is 0 Å². The van der Waals surface area contributed by atoms with Crippen molar-refractivity contribution < 1.29 is 19.8 Å². The molecule has 5 atom stereocenters. The predicted octanol–water partition coefficient (Wildman–Crippen LogP) is 6.80. The molecule has 2 aliphatic rings. The average molecular weight is 711 g/mol. The summed E-state index contributed by atoms with van der Waals surface area (Å²) in [7, 11) is 0. The highest BCUT2D eigenvalue weighted by Gasteiger charge is 2.46. The summed E-state index contributed by atoms with van der Waals surface area (Å²) in [5, 5.41) is 29.7. The van der Waals surface area contributed by atoms with E-state index in [0.717, 1.165) is 45.5 Å². The van der Waals surface area contributed by atoms with Crippen molar-refractivity contribution in [1.82, 2.24) is 15.1 Å². The van der Waals surface area contributed by atoms with Crippen molar-refractivity contribution in [2.24, 2.45) is 0 Å². The topological polar surface area (TPSA) is 105 Å². The first kappa shape index (κ1) is 37.3. The van der Waals surface area contributed by atoms with Gasteiger partial charge >= 0.3 is 6.03 Å². The van der Waals surface area contributed by atoms with Crippen LogP contribution in [0.1, 0.15) is 45.9 Å². The van der Waals surface area contributed by atoms with Crippen LogP contribution >= 0.6 is 0 Å². The van der Waals surface area contributed by atoms with Gasteiger partial charge in [0.2, 0.25) is 5.91 Å². The van der Waals surface area contributed by atoms with E-state index in [0.29, 0.717) is 25.9 Å². The van der Waals surface area contributed by atoms with Gasteiger partial charge in [0.25, 0.3) is 0 Å². The number of carbonyl (C=O) groups excluding carboxylic acids is 2. The van der Waals surface area contributed by atoms with Gasteiger partial charge in [-0.25, -0.2) is 4.79 Å². The summed E-state index contributed by atoms with van der Waals surface area (Å²) in [5.74, 6) is 0.00491. The molecule has 0 bridgehead atoms. The van der Waals surface area contributed by atoms with Crippen LogP contribution in [0.3, 0.4) is 0 Å². The first-order chi connectivity index (χ1) is 25.6. The van der Waals surface area contributed by atoms with Crippen molar-refractivity contribution in [3.63, 3.8) is 0 Å². The number of aliphatic hydroxyl groups is 2. The fourth-order valence-corrected chi connectivity index (χ4v) is 7.46. The first-order valence-corrected chi connectivity index (χ1v) is 18.4. The Balaban J connectivity index is 0.000000309. The largest absolute Gasteiger partial charge is 0.388 e. The lowest BCUT2D eigenvalue weighted by molar-refractivity contribution is -0.119. The molecule has 4 N–H and O–H groups in total. The number of anilines is 1. The zero-order valence-corrected chi connectivity index (χ0v) is 30.7. The van der Waals surface area contributed by atoms with Gasteiger partial charge in [-0.3, -0.25) is 4.79 Å². The van der Waals surface area contributed by atoms with E-state index < -0.39 is 24.3 Å². The van der Waals surface area contributed by atoms with E-state index in [9.17, 15) is 19.8 Å². The molecule has 274 valence electrons. The molecule has 0 aromatic heterocycles. The predicted molar refractivity (Wildman–Crippen MR) is 210 cm³/mol. The van der Waals surface area contributed by atoms with Crippen molar-refractivity contribution in [3.05, 3.63) is 172 Å². The number of rotatable bonds is 9. The van der Waals surface area contributed by atoms with Gasteiger partial charge in [0.15, 0.2) is 0 Å². The average Bonchev–Trinajstić information content (AvgIpc) is 3.54. The van der Waals surface area contributed by atoms with E-state index >= 15 is 0 Å². The number of fused-ring (bicyclic) bond motifs is 1. The summed E-state index contributed by atoms with van der Waals surface area (Å²) < 4.78 is 0. The molecule has 0 spiro atoms. The zero-order valence-electron chi connectivity index (χ0n) is 30.7. The van der Waals surface area contributed by atoms with Gasteiger partial charge in [0.05, 0.1) is 12.1 Å². The molecule has 3 amide bonds. The monoisotopic (exact) mass is 710 g/mol. The van der Waals surface area contributed by atoms with E-state index in [-0.39, 0.29) is 18.1 Å². The van der Waals surface area contributed by atoms with Crippen molar-refractivity contribution in [1.29, 1.82) is 0 Å². The summed E-state index contributed by atoms with van der Waals surface area (Å²) in [6.07, 6.45) is -0.458. The van der Waals surface area contributed by atoms with Crippen LogP contribution in [-0.2, 0) is 37.1 Å². The molecule has 8 nitrogen and oxygen atoms in total. The second kappa shape index (κ2) is 17.4. The van der Waals surface area contributed by atoms with Crippen LogP contribution in [-0.4, -0.2) is 62.4 Å². The summed E-state index contributed by atoms with van der Waals surface area (Å²) >= 11 is 0. The highest BCUT2D eigenvalue weighted by molar-refractivity contribution is 5.76. The fourth-order valence-electron chi connectivity index (χ4n) is 7.46. The minimum Gasteiger partial charge on any atom is -0.388 e. The Bertz CT molecular complexity index is 1840. The van der Waals surface area contributed by atoms with Gasteiger partial charge in [-0.05, 0) is 60.6 Å². The molecule has 0 saturated carbocycles. The van der Waals surface area contributed by atoms with Crippen molar-refractivity contribution in [3.8, 4) is 0 Å². The van der Waals surface area contributed by atoms with Gasteiger partial charge in [-0.2, -0.15) is 0 Å². The first-order valence-electron chi connectivity index (χ1n) is 18.4. The number of nitrogens with zero attached hydrogens (tertiary/aromatic N) is 2. The fraction of sp³-hybridized carbons (Fsp3) is 0.289. The number of hydrogen-bond donors (Lipinski definition) is 4. The Labute approximate surface area is 313 Å². The third-order valence-electron chi connectivity index (χ3n) is 10.0. The normalized spacial score (nSPS) is 20.8. The molecule has 8 heteroatoms. The van der Waals surface area contributed by atoms with E-state index in [1.165, 1.54) is 12.5 Å². The SMILES string of the molecule is CC(=O)NC1Cc2ccccc2N1.Cc1cccc(CN2C(=O)N(Cc3cccc(C)c3)C(Cc3ccccc3)C(O)C(O)C2Cc2ccccc2)c1. The molecule has 53 heavy (non-hydrogen) atoms. The lowest BCUT2D eigenvalue weighted by atomic mass is 9.91. The van der Waals surface area contributed by atoms with E-state index in [1.54, 1.807) is 9.80 Å². The third-order valence-corrected chi connectivity index (χ3v) is 10.0. The van der Waals surface area contributed by atoms with Crippen molar-refractivity contribution in [2.75, 3.05) is 5.32 Å². The number of urea groups is 1. The third kappa shape index (κ3) is 9.71. The number of aliphatic hydroxyl groups excluding tert-OH is 2. The number of carbonyl (C=O) groups is 2. The number of nitrogens with one attached hydrogen (secondary N) is 2. The number of hydrogen-bond acceptors (Lipinski definition) is 5. The minimum absolute atomic E-state index is 0.00491. The minimum atomic E-state index is -1.13. The van der Waals surface area contributed by atoms with Crippen molar-refractivity contribution in [2.45, 2.75) is 83.6 Å². The maximum absolute atomic E-state index is 14.6. The highest BCUT2D eigenvalue weighted by atomic mass is 16.3. The molecule has 5 unspecified atom stereocenters. The smallest absolute Gasteiger partial charge is 0.321 e. The standard InChI is InChI=1S/C35H38N2O3.C10H12N2O/c1-25-11-9-17-29(19-25)23-36-31(21-27-13-5-3-6-14-27)33(38)34(39)32(22-28-15-7-4-8-16-28)37(35(36)40)24-30-18-10-12-26(2)20-30;1-7(13)11-10-6-8-4-2-3-5-9(8)12-10/h3-20,31-34,38-39H,21-24H2,1-2H3;2-5,10,12H,6H2,1H3,(H,11,13). The van der Waals surface area contributed by atoms with Gasteiger partial charge in [-0.15, -0.1) is 0 Å². The van der Waals surface area contributed by atoms with Gasteiger partial charge in [0, 0.05) is 32.1 Å². The maximum Gasteiger partial charge on any atom is 0.321 e.